The van der Waals surface area contributed by atoms with E-state index in [0.717, 1.165) is 6.07 Å². The van der Waals surface area contributed by atoms with Gasteiger partial charge in [0, 0.05) is 5.56 Å². The van der Waals surface area contributed by atoms with Gasteiger partial charge in [-0.2, -0.15) is 13.2 Å². The molecule has 0 aromatic heterocycles. The van der Waals surface area contributed by atoms with Crippen LogP contribution in [0, 0.1) is 0 Å². The smallest absolute Gasteiger partial charge is 0.407 e. The molecule has 14 heavy (non-hydrogen) atoms. The van der Waals surface area contributed by atoms with Crippen molar-refractivity contribution >= 4 is 12.4 Å². The quantitative estimate of drug-likeness (QED) is 0.774. The number of nitrogens with two attached hydrogens (primary N) is 1. The van der Waals surface area contributed by atoms with Gasteiger partial charge < -0.3 is 10.8 Å². The summed E-state index contributed by atoms with van der Waals surface area (Å²) in [5.74, 6) is -0.438. The number of hydrogen-bond acceptors (Lipinski definition) is 2. The van der Waals surface area contributed by atoms with Crippen molar-refractivity contribution in [3.8, 4) is 5.75 Å². The van der Waals surface area contributed by atoms with E-state index in [2.05, 4.69) is 0 Å². The highest BCUT2D eigenvalue weighted by molar-refractivity contribution is 5.85. The van der Waals surface area contributed by atoms with Crippen LogP contribution in [0.3, 0.4) is 0 Å². The number of phenolic OH excluding ortho intramolecular Hbond substituents is 1. The van der Waals surface area contributed by atoms with Gasteiger partial charge in [-0.15, -0.1) is 12.4 Å². The van der Waals surface area contributed by atoms with Crippen LogP contribution in [0.2, 0.25) is 0 Å². The molecular formula is C8H9ClF3NO. The van der Waals surface area contributed by atoms with Gasteiger partial charge in [0.2, 0.25) is 0 Å². The number of alkyl halides is 3. The average molecular weight is 228 g/mol. The molecule has 0 bridgehead atoms. The molecule has 80 valence electrons. The Hall–Kier alpha value is -0.940. The van der Waals surface area contributed by atoms with Crippen molar-refractivity contribution in [3.63, 3.8) is 0 Å². The van der Waals surface area contributed by atoms with Crippen LogP contribution >= 0.6 is 12.4 Å². The van der Waals surface area contributed by atoms with Crippen LogP contribution < -0.4 is 5.73 Å². The number of para-hydroxylation sites is 1. The second-order valence-corrected chi connectivity index (χ2v) is 2.58. The maximum absolute atomic E-state index is 12.1. The van der Waals surface area contributed by atoms with Crippen LogP contribution in [0.15, 0.2) is 24.3 Å². The van der Waals surface area contributed by atoms with Gasteiger partial charge in [-0.1, -0.05) is 18.2 Å². The predicted molar refractivity (Wildman–Crippen MR) is 48.3 cm³/mol. The van der Waals surface area contributed by atoms with Gasteiger partial charge in [-0.25, -0.2) is 0 Å². The highest BCUT2D eigenvalue weighted by Crippen LogP contribution is 2.34. The van der Waals surface area contributed by atoms with Crippen LogP contribution in [0.25, 0.3) is 0 Å². The topological polar surface area (TPSA) is 46.2 Å². The van der Waals surface area contributed by atoms with Gasteiger partial charge in [0.25, 0.3) is 0 Å². The van der Waals surface area contributed by atoms with Crippen molar-refractivity contribution < 1.29 is 18.3 Å². The lowest BCUT2D eigenvalue weighted by molar-refractivity contribution is -0.149. The summed E-state index contributed by atoms with van der Waals surface area (Å²) in [6.07, 6.45) is -4.53. The second kappa shape index (κ2) is 4.52. The summed E-state index contributed by atoms with van der Waals surface area (Å²) in [4.78, 5) is 0. The molecule has 0 aliphatic carbocycles. The van der Waals surface area contributed by atoms with Crippen LogP contribution in [0.1, 0.15) is 11.6 Å². The number of halogens is 4. The molecule has 6 heteroatoms. The van der Waals surface area contributed by atoms with Crippen molar-refractivity contribution in [2.75, 3.05) is 0 Å². The van der Waals surface area contributed by atoms with E-state index < -0.39 is 18.0 Å². The molecule has 0 heterocycles. The molecule has 1 atom stereocenters. The lowest BCUT2D eigenvalue weighted by atomic mass is 10.1. The highest BCUT2D eigenvalue weighted by Gasteiger charge is 2.38. The van der Waals surface area contributed by atoms with Crippen molar-refractivity contribution in [1.29, 1.82) is 0 Å². The first-order chi connectivity index (χ1) is 5.93. The minimum Gasteiger partial charge on any atom is -0.508 e. The fourth-order valence-corrected chi connectivity index (χ4v) is 0.927. The van der Waals surface area contributed by atoms with Crippen LogP contribution in [0.5, 0.6) is 5.75 Å². The average Bonchev–Trinajstić information content (AvgIpc) is 2.02. The predicted octanol–water partition coefficient (Wildman–Crippen LogP) is 2.38. The Labute approximate surface area is 84.9 Å². The van der Waals surface area contributed by atoms with Crippen molar-refractivity contribution in [2.24, 2.45) is 5.73 Å². The Morgan fingerprint density at radius 2 is 1.71 bits per heavy atom. The normalized spacial score (nSPS) is 13.1. The van der Waals surface area contributed by atoms with E-state index in [1.165, 1.54) is 18.2 Å². The molecule has 0 aliphatic rings. The lowest BCUT2D eigenvalue weighted by Crippen LogP contribution is -2.28. The zero-order valence-corrected chi connectivity index (χ0v) is 7.77. The molecule has 1 rings (SSSR count). The van der Waals surface area contributed by atoms with Crippen LogP contribution in [-0.4, -0.2) is 11.3 Å². The van der Waals surface area contributed by atoms with E-state index in [4.69, 9.17) is 10.8 Å². The Morgan fingerprint density at radius 1 is 1.21 bits per heavy atom. The summed E-state index contributed by atoms with van der Waals surface area (Å²) in [5, 5.41) is 9.06. The summed E-state index contributed by atoms with van der Waals surface area (Å²) in [6.45, 7) is 0. The molecule has 0 saturated heterocycles. The molecular weight excluding hydrogens is 219 g/mol. The van der Waals surface area contributed by atoms with Gasteiger partial charge >= 0.3 is 6.18 Å². The molecule has 0 saturated carbocycles. The minimum absolute atomic E-state index is 0. The summed E-state index contributed by atoms with van der Waals surface area (Å²) in [7, 11) is 0. The van der Waals surface area contributed by atoms with Gasteiger partial charge in [-0.3, -0.25) is 0 Å². The van der Waals surface area contributed by atoms with E-state index in [9.17, 15) is 13.2 Å². The van der Waals surface area contributed by atoms with Crippen molar-refractivity contribution in [2.45, 2.75) is 12.2 Å². The monoisotopic (exact) mass is 227 g/mol. The van der Waals surface area contributed by atoms with E-state index >= 15 is 0 Å². The number of aromatic hydroxyl groups is 1. The Morgan fingerprint density at radius 3 is 2.14 bits per heavy atom. The molecule has 1 aromatic carbocycles. The third-order valence-corrected chi connectivity index (χ3v) is 1.62. The fourth-order valence-electron chi connectivity index (χ4n) is 0.927. The van der Waals surface area contributed by atoms with Gasteiger partial charge in [0.1, 0.15) is 11.8 Å². The summed E-state index contributed by atoms with van der Waals surface area (Å²) in [6, 6.07) is 3.01. The van der Waals surface area contributed by atoms with E-state index in [0.29, 0.717) is 0 Å². The first-order valence-corrected chi connectivity index (χ1v) is 3.53. The van der Waals surface area contributed by atoms with E-state index in [1.807, 2.05) is 0 Å². The van der Waals surface area contributed by atoms with Gasteiger partial charge in [-0.05, 0) is 6.07 Å². The Balaban J connectivity index is 0.00000169. The first kappa shape index (κ1) is 13.1. The standard InChI is InChI=1S/C8H8F3NO.ClH/c9-8(10,11)7(12)5-3-1-2-4-6(5)13;/h1-4,7,13H,12H2;1H/t7-;/m1./s1. The molecule has 0 spiro atoms. The second-order valence-electron chi connectivity index (χ2n) is 2.58. The number of rotatable bonds is 1. The van der Waals surface area contributed by atoms with Crippen molar-refractivity contribution in [3.05, 3.63) is 29.8 Å². The SMILES string of the molecule is Cl.N[C@H](c1ccccc1O)C(F)(F)F. The molecule has 0 fully saturated rings. The third-order valence-electron chi connectivity index (χ3n) is 1.62. The van der Waals surface area contributed by atoms with E-state index in [1.54, 1.807) is 0 Å². The largest absolute Gasteiger partial charge is 0.508 e. The Kier molecular flexibility index (Phi) is 4.22. The molecule has 3 N–H and O–H groups in total. The molecule has 0 amide bonds. The number of phenols is 1. The lowest BCUT2D eigenvalue weighted by Gasteiger charge is -2.16. The maximum Gasteiger partial charge on any atom is 0.407 e. The molecule has 2 nitrogen and oxygen atoms in total. The van der Waals surface area contributed by atoms with E-state index in [-0.39, 0.29) is 18.0 Å². The molecule has 0 radical (unpaired) electrons. The molecule has 0 unspecified atom stereocenters. The maximum atomic E-state index is 12.1. The zero-order valence-electron chi connectivity index (χ0n) is 6.95. The van der Waals surface area contributed by atoms with Gasteiger partial charge in [0.15, 0.2) is 0 Å². The summed E-state index contributed by atoms with van der Waals surface area (Å²) in [5.41, 5.74) is 4.58. The zero-order chi connectivity index (χ0) is 10.1. The van der Waals surface area contributed by atoms with Crippen molar-refractivity contribution in [1.82, 2.24) is 0 Å². The third kappa shape index (κ3) is 2.78. The first-order valence-electron chi connectivity index (χ1n) is 3.53. The van der Waals surface area contributed by atoms with Gasteiger partial charge in [0.05, 0.1) is 0 Å². The number of benzene rings is 1. The summed E-state index contributed by atoms with van der Waals surface area (Å²) < 4.78 is 36.2. The molecule has 0 aliphatic heterocycles. The number of hydrogen-bond donors (Lipinski definition) is 2. The van der Waals surface area contributed by atoms with Crippen LogP contribution in [-0.2, 0) is 0 Å². The fraction of sp³-hybridized carbons (Fsp3) is 0.250. The minimum atomic E-state index is -4.53. The highest BCUT2D eigenvalue weighted by atomic mass is 35.5. The molecule has 1 aromatic rings. The Bertz CT molecular complexity index is 303. The van der Waals surface area contributed by atoms with Crippen LogP contribution in [0.4, 0.5) is 13.2 Å². The summed E-state index contributed by atoms with van der Waals surface area (Å²) >= 11 is 0.